The van der Waals surface area contributed by atoms with E-state index in [0.29, 0.717) is 52.9 Å². The summed E-state index contributed by atoms with van der Waals surface area (Å²) in [6, 6.07) is 19.7. The number of rotatable bonds is 11. The largest absolute Gasteiger partial charge is 0.493 e. The molecule has 4 rings (SSSR count). The molecule has 39 heavy (non-hydrogen) atoms. The van der Waals surface area contributed by atoms with Gasteiger partial charge < -0.3 is 24.9 Å². The van der Waals surface area contributed by atoms with Crippen molar-refractivity contribution in [1.82, 2.24) is 4.98 Å². The zero-order valence-electron chi connectivity index (χ0n) is 22.2. The number of aromatic nitrogens is 1. The van der Waals surface area contributed by atoms with Gasteiger partial charge >= 0.3 is 0 Å². The van der Waals surface area contributed by atoms with Crippen LogP contribution in [0.3, 0.4) is 0 Å². The summed E-state index contributed by atoms with van der Waals surface area (Å²) in [4.78, 5) is 41.5. The average Bonchev–Trinajstić information content (AvgIpc) is 2.95. The molecule has 0 aliphatic rings. The Kier molecular flexibility index (Phi) is 8.78. The van der Waals surface area contributed by atoms with E-state index < -0.39 is 11.5 Å². The Bertz CT molecular complexity index is 1540. The SMILES string of the molecule is COc1cc2cc(C(=O)Nc3cc(C(=O)CCCC(CO)c4ccccc4)ccc3C)c(=O)[nH]c2cc1OC. The number of amides is 1. The molecule has 0 fully saturated rings. The number of carbonyl (C=O) groups is 2. The zero-order valence-corrected chi connectivity index (χ0v) is 22.2. The van der Waals surface area contributed by atoms with Gasteiger partial charge in [-0.1, -0.05) is 42.5 Å². The van der Waals surface area contributed by atoms with E-state index in [2.05, 4.69) is 10.3 Å². The zero-order chi connectivity index (χ0) is 27.9. The number of pyridine rings is 1. The van der Waals surface area contributed by atoms with Crippen LogP contribution in [-0.4, -0.2) is 42.6 Å². The van der Waals surface area contributed by atoms with Crippen LogP contribution in [0.1, 0.15) is 57.0 Å². The molecule has 0 bridgehead atoms. The third-order valence-corrected chi connectivity index (χ3v) is 6.85. The minimum atomic E-state index is -0.589. The molecule has 1 aromatic heterocycles. The molecule has 1 atom stereocenters. The Hall–Kier alpha value is -4.43. The number of anilines is 1. The number of aliphatic hydroxyl groups is 1. The summed E-state index contributed by atoms with van der Waals surface area (Å²) in [7, 11) is 3.01. The second kappa shape index (κ2) is 12.4. The van der Waals surface area contributed by atoms with Gasteiger partial charge in [0.05, 0.1) is 19.7 Å². The summed E-state index contributed by atoms with van der Waals surface area (Å²) in [6.07, 6.45) is 1.62. The molecule has 3 N–H and O–H groups in total. The molecule has 1 unspecified atom stereocenters. The first-order chi connectivity index (χ1) is 18.8. The van der Waals surface area contributed by atoms with Gasteiger partial charge in [0, 0.05) is 41.6 Å². The fourth-order valence-corrected chi connectivity index (χ4v) is 4.56. The standard InChI is InChI=1S/C31H32N2O6/c1-19-12-13-21(27(35)11-7-10-22(18-34)20-8-5-4-6-9-20)15-25(19)32-30(36)24-14-23-16-28(38-2)29(39-3)17-26(23)33-31(24)37/h4-6,8-9,12-17,22,34H,7,10-11,18H2,1-3H3,(H,32,36)(H,33,37). The maximum Gasteiger partial charge on any atom is 0.261 e. The van der Waals surface area contributed by atoms with Gasteiger partial charge in [-0.15, -0.1) is 0 Å². The molecule has 0 saturated heterocycles. The molecule has 0 saturated carbocycles. The van der Waals surface area contributed by atoms with Crippen LogP contribution in [-0.2, 0) is 0 Å². The highest BCUT2D eigenvalue weighted by Gasteiger charge is 2.17. The molecule has 202 valence electrons. The Morgan fingerprint density at radius 2 is 1.69 bits per heavy atom. The third kappa shape index (κ3) is 6.35. The van der Waals surface area contributed by atoms with Crippen molar-refractivity contribution in [2.24, 2.45) is 0 Å². The monoisotopic (exact) mass is 528 g/mol. The van der Waals surface area contributed by atoms with Crippen molar-refractivity contribution in [1.29, 1.82) is 0 Å². The van der Waals surface area contributed by atoms with Crippen LogP contribution in [0.25, 0.3) is 10.9 Å². The van der Waals surface area contributed by atoms with Crippen LogP contribution < -0.4 is 20.3 Å². The number of H-pyrrole nitrogens is 1. The predicted molar refractivity (Wildman–Crippen MR) is 151 cm³/mol. The summed E-state index contributed by atoms with van der Waals surface area (Å²) < 4.78 is 10.6. The van der Waals surface area contributed by atoms with Gasteiger partial charge in [-0.2, -0.15) is 0 Å². The molecular weight excluding hydrogens is 496 g/mol. The maximum absolute atomic E-state index is 13.1. The molecule has 0 spiro atoms. The predicted octanol–water partition coefficient (Wildman–Crippen LogP) is 5.24. The highest BCUT2D eigenvalue weighted by molar-refractivity contribution is 6.07. The summed E-state index contributed by atoms with van der Waals surface area (Å²) in [6.45, 7) is 1.84. The smallest absolute Gasteiger partial charge is 0.261 e. The van der Waals surface area contributed by atoms with Crippen molar-refractivity contribution in [3.05, 3.63) is 99.3 Å². The number of nitrogens with one attached hydrogen (secondary N) is 2. The van der Waals surface area contributed by atoms with Crippen molar-refractivity contribution in [3.8, 4) is 11.5 Å². The Morgan fingerprint density at radius 3 is 2.38 bits per heavy atom. The number of Topliss-reactive ketones (excluding diaryl/α,β-unsaturated/α-hetero) is 1. The number of carbonyl (C=O) groups excluding carboxylic acids is 2. The van der Waals surface area contributed by atoms with E-state index in [9.17, 15) is 19.5 Å². The fourth-order valence-electron chi connectivity index (χ4n) is 4.56. The van der Waals surface area contributed by atoms with Gasteiger partial charge in [-0.3, -0.25) is 14.4 Å². The fraction of sp³-hybridized carbons (Fsp3) is 0.258. The number of ketones is 1. The van der Waals surface area contributed by atoms with Crippen LogP contribution >= 0.6 is 0 Å². The van der Waals surface area contributed by atoms with Crippen LogP contribution in [0.4, 0.5) is 5.69 Å². The number of hydrogen-bond donors (Lipinski definition) is 3. The second-order valence-corrected chi connectivity index (χ2v) is 9.40. The second-order valence-electron chi connectivity index (χ2n) is 9.40. The van der Waals surface area contributed by atoms with Crippen molar-refractivity contribution >= 4 is 28.3 Å². The number of aromatic amines is 1. The van der Waals surface area contributed by atoms with E-state index in [0.717, 1.165) is 11.1 Å². The highest BCUT2D eigenvalue weighted by atomic mass is 16.5. The molecule has 3 aromatic carbocycles. The Morgan fingerprint density at radius 1 is 0.974 bits per heavy atom. The lowest BCUT2D eigenvalue weighted by atomic mass is 9.93. The molecule has 0 aliphatic heterocycles. The lowest BCUT2D eigenvalue weighted by Crippen LogP contribution is -2.23. The summed E-state index contributed by atoms with van der Waals surface area (Å²) in [5, 5.41) is 13.2. The lowest BCUT2D eigenvalue weighted by molar-refractivity contribution is 0.0975. The number of aryl methyl sites for hydroxylation is 1. The Labute approximate surface area is 226 Å². The third-order valence-electron chi connectivity index (χ3n) is 6.85. The minimum Gasteiger partial charge on any atom is -0.493 e. The van der Waals surface area contributed by atoms with Crippen LogP contribution in [0.15, 0.2) is 71.5 Å². The van der Waals surface area contributed by atoms with E-state index in [1.54, 1.807) is 30.3 Å². The van der Waals surface area contributed by atoms with Crippen molar-refractivity contribution in [2.45, 2.75) is 32.1 Å². The summed E-state index contributed by atoms with van der Waals surface area (Å²) in [5.41, 5.74) is 2.63. The van der Waals surface area contributed by atoms with E-state index in [1.165, 1.54) is 20.3 Å². The van der Waals surface area contributed by atoms with E-state index in [1.807, 2.05) is 37.3 Å². The quantitative estimate of drug-likeness (QED) is 0.229. The van der Waals surface area contributed by atoms with Crippen molar-refractivity contribution in [2.75, 3.05) is 26.1 Å². The highest BCUT2D eigenvalue weighted by Crippen LogP contribution is 2.31. The maximum atomic E-state index is 13.1. The van der Waals surface area contributed by atoms with Crippen molar-refractivity contribution in [3.63, 3.8) is 0 Å². The van der Waals surface area contributed by atoms with Gasteiger partial charge in [0.1, 0.15) is 5.56 Å². The van der Waals surface area contributed by atoms with E-state index in [-0.39, 0.29) is 23.9 Å². The first kappa shape index (κ1) is 27.6. The van der Waals surface area contributed by atoms with Gasteiger partial charge in [0.15, 0.2) is 17.3 Å². The number of ether oxygens (including phenoxy) is 2. The molecular formula is C31H32N2O6. The molecule has 1 heterocycles. The van der Waals surface area contributed by atoms with E-state index >= 15 is 0 Å². The molecule has 1 amide bonds. The molecule has 0 radical (unpaired) electrons. The van der Waals surface area contributed by atoms with Crippen molar-refractivity contribution < 1.29 is 24.2 Å². The topological polar surface area (TPSA) is 118 Å². The van der Waals surface area contributed by atoms with Crippen LogP contribution in [0.2, 0.25) is 0 Å². The minimum absolute atomic E-state index is 0.0204. The average molecular weight is 529 g/mol. The van der Waals surface area contributed by atoms with E-state index in [4.69, 9.17) is 9.47 Å². The first-order valence-electron chi connectivity index (χ1n) is 12.7. The number of fused-ring (bicyclic) bond motifs is 1. The van der Waals surface area contributed by atoms with Crippen LogP contribution in [0, 0.1) is 6.92 Å². The van der Waals surface area contributed by atoms with Gasteiger partial charge in [-0.25, -0.2) is 0 Å². The summed E-state index contributed by atoms with van der Waals surface area (Å²) in [5.74, 6) is 0.267. The lowest BCUT2D eigenvalue weighted by Gasteiger charge is -2.14. The molecule has 4 aromatic rings. The van der Waals surface area contributed by atoms with Gasteiger partial charge in [0.25, 0.3) is 11.5 Å². The normalized spacial score (nSPS) is 11.7. The molecule has 8 heteroatoms. The van der Waals surface area contributed by atoms with Gasteiger partial charge in [0.2, 0.25) is 0 Å². The number of benzene rings is 3. The number of methoxy groups -OCH3 is 2. The molecule has 8 nitrogen and oxygen atoms in total. The van der Waals surface area contributed by atoms with Gasteiger partial charge in [-0.05, 0) is 49.1 Å². The first-order valence-corrected chi connectivity index (χ1v) is 12.7. The number of hydrogen-bond acceptors (Lipinski definition) is 6. The molecule has 0 aliphatic carbocycles. The van der Waals surface area contributed by atoms with Crippen LogP contribution in [0.5, 0.6) is 11.5 Å². The summed E-state index contributed by atoms with van der Waals surface area (Å²) >= 11 is 0. The number of aliphatic hydroxyl groups excluding tert-OH is 1. The Balaban J connectivity index is 1.48.